The number of nitrogens with zero attached hydrogens (tertiary/aromatic N) is 6. The topological polar surface area (TPSA) is 129 Å². The normalized spacial score (nSPS) is 16.3. The number of halogens is 1. The molecule has 0 spiro atoms. The molecule has 11 heteroatoms. The Labute approximate surface area is 216 Å². The van der Waals surface area contributed by atoms with Crippen LogP contribution in [0.25, 0.3) is 21.9 Å². The highest BCUT2D eigenvalue weighted by atomic mass is 19.1. The average molecular weight is 513 g/mol. The van der Waals surface area contributed by atoms with Crippen molar-refractivity contribution in [1.82, 2.24) is 29.3 Å². The van der Waals surface area contributed by atoms with E-state index in [0.29, 0.717) is 47.0 Å². The first-order valence-electron chi connectivity index (χ1n) is 12.5. The zero-order valence-electron chi connectivity index (χ0n) is 20.6. The fraction of sp³-hybridized carbons (Fsp3) is 0.259. The molecule has 38 heavy (non-hydrogen) atoms. The maximum Gasteiger partial charge on any atom is 0.216 e. The van der Waals surface area contributed by atoms with E-state index in [9.17, 15) is 5.11 Å². The van der Waals surface area contributed by atoms with Gasteiger partial charge in [-0.3, -0.25) is 4.68 Å². The minimum atomic E-state index is -0.621. The average Bonchev–Trinajstić information content (AvgIpc) is 3.48. The molecule has 7 rings (SSSR count). The Hall–Kier alpha value is -4.51. The van der Waals surface area contributed by atoms with Crippen molar-refractivity contribution in [3.8, 4) is 17.0 Å². The Balaban J connectivity index is 1.24. The summed E-state index contributed by atoms with van der Waals surface area (Å²) in [6.45, 7) is 3.53. The van der Waals surface area contributed by atoms with Gasteiger partial charge in [0.15, 0.2) is 11.6 Å². The van der Waals surface area contributed by atoms with E-state index in [1.807, 2.05) is 36.1 Å². The third-order valence-electron chi connectivity index (χ3n) is 7.39. The molecule has 2 aliphatic heterocycles. The van der Waals surface area contributed by atoms with Crippen LogP contribution in [0.15, 0.2) is 43.0 Å². The Kier molecular flexibility index (Phi) is 5.08. The van der Waals surface area contributed by atoms with Crippen LogP contribution < -0.4 is 15.8 Å². The van der Waals surface area contributed by atoms with E-state index in [1.165, 1.54) is 0 Å². The van der Waals surface area contributed by atoms with E-state index >= 15 is 4.39 Å². The number of anilines is 3. The van der Waals surface area contributed by atoms with Crippen molar-refractivity contribution in [3.63, 3.8) is 0 Å². The van der Waals surface area contributed by atoms with Crippen LogP contribution in [0.5, 0.6) is 5.88 Å². The zero-order valence-corrected chi connectivity index (χ0v) is 20.6. The number of aliphatic hydroxyl groups is 1. The molecule has 1 aromatic carbocycles. The Bertz CT molecular complexity index is 1730. The minimum absolute atomic E-state index is 0.0224. The predicted molar refractivity (Wildman–Crippen MR) is 140 cm³/mol. The molecular formula is C27H25FN8O2. The lowest BCUT2D eigenvalue weighted by Gasteiger charge is -2.23. The van der Waals surface area contributed by atoms with Crippen molar-refractivity contribution in [1.29, 1.82) is 0 Å². The molecule has 0 fully saturated rings. The number of aryl methyl sites for hydroxylation is 2. The third-order valence-corrected chi connectivity index (χ3v) is 7.39. The second-order valence-electron chi connectivity index (χ2n) is 9.78. The molecule has 0 aliphatic carbocycles. The second-order valence-corrected chi connectivity index (χ2v) is 9.78. The van der Waals surface area contributed by atoms with Crippen LogP contribution in [0.4, 0.5) is 21.7 Å². The van der Waals surface area contributed by atoms with Gasteiger partial charge in [0.1, 0.15) is 18.2 Å². The van der Waals surface area contributed by atoms with Gasteiger partial charge in [-0.05, 0) is 30.0 Å². The fourth-order valence-electron chi connectivity index (χ4n) is 5.34. The Morgan fingerprint density at radius 3 is 2.92 bits per heavy atom. The number of aliphatic hydroxyl groups excluding tert-OH is 1. The zero-order chi connectivity index (χ0) is 26.0. The second kappa shape index (κ2) is 8.52. The van der Waals surface area contributed by atoms with Gasteiger partial charge in [-0.1, -0.05) is 0 Å². The Morgan fingerprint density at radius 1 is 1.13 bits per heavy atom. The van der Waals surface area contributed by atoms with Gasteiger partial charge in [0.25, 0.3) is 0 Å². The van der Waals surface area contributed by atoms with Crippen LogP contribution in [0.1, 0.15) is 22.6 Å². The summed E-state index contributed by atoms with van der Waals surface area (Å²) < 4.78 is 25.1. The van der Waals surface area contributed by atoms with Crippen LogP contribution in [0.3, 0.4) is 0 Å². The van der Waals surface area contributed by atoms with Crippen LogP contribution in [-0.2, 0) is 25.9 Å². The maximum absolute atomic E-state index is 15.5. The maximum atomic E-state index is 15.5. The number of hydrogen-bond acceptors (Lipinski definition) is 8. The lowest BCUT2D eigenvalue weighted by atomic mass is 9.93. The number of hydrogen-bond donors (Lipinski definition) is 3. The molecule has 0 saturated heterocycles. The molecule has 0 bridgehead atoms. The summed E-state index contributed by atoms with van der Waals surface area (Å²) in [6, 6.07) is 5.61. The number of rotatable bonds is 3. The van der Waals surface area contributed by atoms with Gasteiger partial charge in [0.2, 0.25) is 5.88 Å². The summed E-state index contributed by atoms with van der Waals surface area (Å²) in [5.74, 6) is 2.17. The number of pyridine rings is 2. The Morgan fingerprint density at radius 2 is 2.03 bits per heavy atom. The minimum Gasteiger partial charge on any atom is -0.475 e. The van der Waals surface area contributed by atoms with Crippen molar-refractivity contribution < 1.29 is 14.2 Å². The molecule has 0 unspecified atom stereocenters. The highest BCUT2D eigenvalue weighted by Gasteiger charge is 2.24. The van der Waals surface area contributed by atoms with E-state index in [0.717, 1.165) is 41.0 Å². The van der Waals surface area contributed by atoms with Gasteiger partial charge in [-0.15, -0.1) is 0 Å². The van der Waals surface area contributed by atoms with E-state index in [4.69, 9.17) is 15.6 Å². The van der Waals surface area contributed by atoms with Crippen molar-refractivity contribution in [3.05, 3.63) is 71.4 Å². The highest BCUT2D eigenvalue weighted by molar-refractivity contribution is 5.98. The lowest BCUT2D eigenvalue weighted by molar-refractivity contribution is 0.0884. The molecule has 4 aromatic heterocycles. The molecule has 10 nitrogen and oxygen atoms in total. The van der Waals surface area contributed by atoms with Crippen molar-refractivity contribution in [2.75, 3.05) is 17.7 Å². The summed E-state index contributed by atoms with van der Waals surface area (Å²) in [5.41, 5.74) is 9.89. The number of fused-ring (bicyclic) bond motifs is 4. The molecule has 0 saturated carbocycles. The van der Waals surface area contributed by atoms with Gasteiger partial charge in [-0.25, -0.2) is 19.3 Å². The first-order chi connectivity index (χ1) is 18.4. The summed E-state index contributed by atoms with van der Waals surface area (Å²) >= 11 is 0. The van der Waals surface area contributed by atoms with E-state index < -0.39 is 11.9 Å². The lowest BCUT2D eigenvalue weighted by Crippen LogP contribution is -2.26. The summed E-state index contributed by atoms with van der Waals surface area (Å²) in [4.78, 5) is 13.3. The first kappa shape index (κ1) is 22.7. The van der Waals surface area contributed by atoms with E-state index in [1.54, 1.807) is 18.5 Å². The van der Waals surface area contributed by atoms with Crippen LogP contribution in [0.2, 0.25) is 0 Å². The first-order valence-corrected chi connectivity index (χ1v) is 12.5. The van der Waals surface area contributed by atoms with Gasteiger partial charge < -0.3 is 25.5 Å². The van der Waals surface area contributed by atoms with Gasteiger partial charge in [-0.2, -0.15) is 5.10 Å². The molecule has 1 atom stereocenters. The SMILES string of the molecule is Cc1c(-c2cc3cc(Nc4cc5n(n4)Cc4nccn4CC5)ncc3c(N)c2F)cnc2c1C[C@@H](O)CO2. The van der Waals surface area contributed by atoms with Crippen molar-refractivity contribution in [2.24, 2.45) is 0 Å². The van der Waals surface area contributed by atoms with Crippen LogP contribution >= 0.6 is 0 Å². The van der Waals surface area contributed by atoms with Crippen molar-refractivity contribution in [2.45, 2.75) is 39.0 Å². The molecule has 0 amide bonds. The third kappa shape index (κ3) is 3.66. The highest BCUT2D eigenvalue weighted by Crippen LogP contribution is 2.38. The summed E-state index contributed by atoms with van der Waals surface area (Å²) in [5, 5.41) is 19.3. The van der Waals surface area contributed by atoms with Crippen LogP contribution in [-0.4, -0.2) is 47.1 Å². The molecule has 6 heterocycles. The number of nitrogens with one attached hydrogen (secondary N) is 1. The van der Waals surface area contributed by atoms with E-state index in [2.05, 4.69) is 24.8 Å². The molecule has 5 aromatic rings. The van der Waals surface area contributed by atoms with Gasteiger partial charge >= 0.3 is 0 Å². The van der Waals surface area contributed by atoms with Crippen LogP contribution in [0, 0.1) is 12.7 Å². The number of ether oxygens (including phenoxy) is 1. The smallest absolute Gasteiger partial charge is 0.216 e. The molecule has 0 radical (unpaired) electrons. The standard InChI is InChI=1S/C27H25FN8O2/c1-14-18-9-17(37)13-38-27(18)32-10-20(14)19-6-15-7-22(31-11-21(15)26(29)25(19)28)33-23-8-16-2-4-35-5-3-30-24(35)12-36(16)34-23/h3,5-8,10-11,17,37H,2,4,9,12-13,29H2,1H3,(H,31,33,34)/t17-/m1/s1. The molecular weight excluding hydrogens is 487 g/mol. The largest absolute Gasteiger partial charge is 0.475 e. The number of benzene rings is 1. The fourth-order valence-corrected chi connectivity index (χ4v) is 5.34. The van der Waals surface area contributed by atoms with Gasteiger partial charge in [0, 0.05) is 78.0 Å². The summed E-state index contributed by atoms with van der Waals surface area (Å²) in [7, 11) is 0. The monoisotopic (exact) mass is 512 g/mol. The molecule has 192 valence electrons. The predicted octanol–water partition coefficient (Wildman–Crippen LogP) is 3.36. The molecule has 2 aliphatic rings. The number of imidazole rings is 1. The van der Waals surface area contributed by atoms with Crippen molar-refractivity contribution >= 4 is 28.1 Å². The molecule has 4 N–H and O–H groups in total. The number of aromatic nitrogens is 6. The number of nitrogens with two attached hydrogens (primary N) is 1. The number of nitrogen functional groups attached to an aromatic ring is 1. The van der Waals surface area contributed by atoms with Gasteiger partial charge in [0.05, 0.1) is 18.3 Å². The summed E-state index contributed by atoms with van der Waals surface area (Å²) in [6.07, 6.45) is 7.59. The van der Waals surface area contributed by atoms with E-state index in [-0.39, 0.29) is 12.3 Å². The quantitative estimate of drug-likeness (QED) is 0.314.